The minimum atomic E-state index is -0.904. The van der Waals surface area contributed by atoms with E-state index in [4.69, 9.17) is 0 Å². The molecule has 7 nitrogen and oxygen atoms in total. The molecule has 0 unspecified atom stereocenters. The number of pyridine rings is 1. The SMILES string of the molecule is CC(C)CC[C@]1(C2CCN(C(=O)Cc3ccsc3)CC2)NC(=O)N(Cc2ccccn2)C1=O. The maximum absolute atomic E-state index is 13.7. The third-order valence-corrected chi connectivity index (χ3v) is 7.58. The van der Waals surface area contributed by atoms with Crippen LogP contribution in [0.4, 0.5) is 4.79 Å². The summed E-state index contributed by atoms with van der Waals surface area (Å²) < 4.78 is 0. The molecule has 1 atom stereocenters. The van der Waals surface area contributed by atoms with Crippen LogP contribution in [-0.4, -0.2) is 51.3 Å². The molecule has 2 saturated heterocycles. The lowest BCUT2D eigenvalue weighted by atomic mass is 9.73. The molecule has 2 fully saturated rings. The molecule has 0 aliphatic carbocycles. The molecule has 0 radical (unpaired) electrons. The van der Waals surface area contributed by atoms with Crippen molar-refractivity contribution in [3.8, 4) is 0 Å². The fourth-order valence-electron chi connectivity index (χ4n) is 4.91. The minimum Gasteiger partial charge on any atom is -0.342 e. The zero-order valence-electron chi connectivity index (χ0n) is 19.3. The first-order valence-corrected chi connectivity index (χ1v) is 12.7. The van der Waals surface area contributed by atoms with E-state index in [1.807, 2.05) is 39.9 Å². The molecule has 2 aromatic rings. The van der Waals surface area contributed by atoms with E-state index in [1.54, 1.807) is 17.5 Å². The Kier molecular flexibility index (Phi) is 7.12. The smallest absolute Gasteiger partial charge is 0.325 e. The van der Waals surface area contributed by atoms with Crippen molar-refractivity contribution in [3.63, 3.8) is 0 Å². The van der Waals surface area contributed by atoms with Gasteiger partial charge in [0.15, 0.2) is 0 Å². The molecule has 4 amide bonds. The molecule has 1 N–H and O–H groups in total. The lowest BCUT2D eigenvalue weighted by molar-refractivity contribution is -0.136. The summed E-state index contributed by atoms with van der Waals surface area (Å²) in [6.45, 7) is 5.66. The monoisotopic (exact) mass is 468 g/mol. The summed E-state index contributed by atoms with van der Waals surface area (Å²) in [5.74, 6) is 0.402. The highest BCUT2D eigenvalue weighted by Gasteiger charge is 2.55. The van der Waals surface area contributed by atoms with Crippen LogP contribution in [0.1, 0.15) is 50.8 Å². The average Bonchev–Trinajstić information content (AvgIpc) is 3.41. The zero-order valence-corrected chi connectivity index (χ0v) is 20.1. The van der Waals surface area contributed by atoms with Crippen LogP contribution in [0.5, 0.6) is 0 Å². The van der Waals surface area contributed by atoms with Gasteiger partial charge >= 0.3 is 6.03 Å². The Labute approximate surface area is 199 Å². The minimum absolute atomic E-state index is 0.00614. The summed E-state index contributed by atoms with van der Waals surface area (Å²) in [6, 6.07) is 7.14. The van der Waals surface area contributed by atoms with Crippen molar-refractivity contribution in [2.75, 3.05) is 13.1 Å². The Morgan fingerprint density at radius 2 is 2.03 bits per heavy atom. The first-order chi connectivity index (χ1) is 15.9. The number of hydrogen-bond acceptors (Lipinski definition) is 5. The van der Waals surface area contributed by atoms with Gasteiger partial charge in [-0.15, -0.1) is 0 Å². The van der Waals surface area contributed by atoms with Gasteiger partial charge in [0, 0.05) is 19.3 Å². The van der Waals surface area contributed by atoms with E-state index in [0.29, 0.717) is 50.4 Å². The highest BCUT2D eigenvalue weighted by molar-refractivity contribution is 7.08. The molecule has 4 rings (SSSR count). The number of carbonyl (C=O) groups is 3. The summed E-state index contributed by atoms with van der Waals surface area (Å²) in [5, 5.41) is 7.09. The van der Waals surface area contributed by atoms with Crippen molar-refractivity contribution in [3.05, 3.63) is 52.5 Å². The third kappa shape index (κ3) is 5.11. The first-order valence-electron chi connectivity index (χ1n) is 11.7. The molecule has 0 spiro atoms. The van der Waals surface area contributed by atoms with Gasteiger partial charge in [0.2, 0.25) is 5.91 Å². The van der Waals surface area contributed by atoms with Gasteiger partial charge in [0.05, 0.1) is 18.7 Å². The fourth-order valence-corrected chi connectivity index (χ4v) is 5.58. The van der Waals surface area contributed by atoms with E-state index in [1.165, 1.54) is 4.90 Å². The summed E-state index contributed by atoms with van der Waals surface area (Å²) in [7, 11) is 0. The predicted molar refractivity (Wildman–Crippen MR) is 127 cm³/mol. The Bertz CT molecular complexity index is 971. The van der Waals surface area contributed by atoms with Gasteiger partial charge < -0.3 is 10.2 Å². The van der Waals surface area contributed by atoms with Gasteiger partial charge in [-0.1, -0.05) is 19.9 Å². The van der Waals surface area contributed by atoms with E-state index in [-0.39, 0.29) is 30.3 Å². The molecule has 2 aromatic heterocycles. The molecular formula is C25H32N4O3S. The number of likely N-dealkylation sites (tertiary alicyclic amines) is 1. The highest BCUT2D eigenvalue weighted by atomic mass is 32.1. The zero-order chi connectivity index (χ0) is 23.4. The summed E-state index contributed by atoms with van der Waals surface area (Å²) in [4.78, 5) is 46.9. The molecule has 0 aromatic carbocycles. The second kappa shape index (κ2) is 10.0. The number of rotatable bonds is 8. The average molecular weight is 469 g/mol. The van der Waals surface area contributed by atoms with Crippen LogP contribution in [0.2, 0.25) is 0 Å². The van der Waals surface area contributed by atoms with Crippen LogP contribution in [0, 0.1) is 11.8 Å². The number of piperidine rings is 1. The molecule has 8 heteroatoms. The Balaban J connectivity index is 1.47. The number of hydrogen-bond donors (Lipinski definition) is 1. The van der Waals surface area contributed by atoms with Crippen LogP contribution in [0.3, 0.4) is 0 Å². The third-order valence-electron chi connectivity index (χ3n) is 6.84. The first kappa shape index (κ1) is 23.4. The number of carbonyl (C=O) groups excluding carboxylic acids is 3. The molecule has 176 valence electrons. The number of amides is 4. The van der Waals surface area contributed by atoms with E-state index in [2.05, 4.69) is 24.1 Å². The maximum atomic E-state index is 13.7. The van der Waals surface area contributed by atoms with Crippen LogP contribution in [0.25, 0.3) is 0 Å². The van der Waals surface area contributed by atoms with Crippen molar-refractivity contribution in [2.24, 2.45) is 11.8 Å². The van der Waals surface area contributed by atoms with Crippen LogP contribution in [-0.2, 0) is 22.6 Å². The number of aromatic nitrogens is 1. The normalized spacial score (nSPS) is 21.7. The van der Waals surface area contributed by atoms with Crippen molar-refractivity contribution in [2.45, 2.75) is 58.0 Å². The van der Waals surface area contributed by atoms with Gasteiger partial charge in [-0.2, -0.15) is 11.3 Å². The van der Waals surface area contributed by atoms with Crippen LogP contribution >= 0.6 is 11.3 Å². The van der Waals surface area contributed by atoms with E-state index < -0.39 is 5.54 Å². The van der Waals surface area contributed by atoms with Gasteiger partial charge in [-0.05, 0) is 72.0 Å². The van der Waals surface area contributed by atoms with Crippen molar-refractivity contribution < 1.29 is 14.4 Å². The lowest BCUT2D eigenvalue weighted by Gasteiger charge is -2.41. The lowest BCUT2D eigenvalue weighted by Crippen LogP contribution is -2.56. The second-order valence-corrected chi connectivity index (χ2v) is 10.3. The summed E-state index contributed by atoms with van der Waals surface area (Å²) in [5.41, 5.74) is 0.831. The predicted octanol–water partition coefficient (Wildman–Crippen LogP) is 3.85. The van der Waals surface area contributed by atoms with E-state index in [0.717, 1.165) is 12.0 Å². The van der Waals surface area contributed by atoms with Crippen LogP contribution in [0.15, 0.2) is 41.2 Å². The summed E-state index contributed by atoms with van der Waals surface area (Å²) >= 11 is 1.60. The van der Waals surface area contributed by atoms with Gasteiger partial charge in [0.25, 0.3) is 5.91 Å². The van der Waals surface area contributed by atoms with Gasteiger partial charge in [-0.3, -0.25) is 19.5 Å². The van der Waals surface area contributed by atoms with Crippen molar-refractivity contribution in [1.82, 2.24) is 20.1 Å². The molecule has 2 aliphatic heterocycles. The van der Waals surface area contributed by atoms with Gasteiger partial charge in [0.1, 0.15) is 5.54 Å². The number of urea groups is 1. The quantitative estimate of drug-likeness (QED) is 0.597. The largest absolute Gasteiger partial charge is 0.342 e. The van der Waals surface area contributed by atoms with Crippen molar-refractivity contribution in [1.29, 1.82) is 0 Å². The van der Waals surface area contributed by atoms with E-state index >= 15 is 0 Å². The topological polar surface area (TPSA) is 82.6 Å². The number of imide groups is 1. The number of nitrogens with zero attached hydrogens (tertiary/aromatic N) is 3. The molecule has 4 heterocycles. The standard InChI is InChI=1S/C25H32N4O3S/c1-18(2)6-10-25(23(31)29(24(32)27-25)16-21-5-3-4-11-26-21)20-7-12-28(13-8-20)22(30)15-19-9-14-33-17-19/h3-5,9,11,14,17-18,20H,6-8,10,12-13,15-16H2,1-2H3,(H,27,32)/t25-/m1/s1. The maximum Gasteiger partial charge on any atom is 0.325 e. The van der Waals surface area contributed by atoms with E-state index in [9.17, 15) is 14.4 Å². The molecule has 0 bridgehead atoms. The van der Waals surface area contributed by atoms with Gasteiger partial charge in [-0.25, -0.2) is 4.79 Å². The Hall–Kier alpha value is -2.74. The second-order valence-electron chi connectivity index (χ2n) is 9.51. The Morgan fingerprint density at radius 3 is 2.67 bits per heavy atom. The van der Waals surface area contributed by atoms with Crippen molar-refractivity contribution >= 4 is 29.2 Å². The molecule has 2 aliphatic rings. The number of nitrogens with one attached hydrogen (secondary N) is 1. The molecular weight excluding hydrogens is 436 g/mol. The summed E-state index contributed by atoms with van der Waals surface area (Å²) in [6.07, 6.45) is 4.96. The molecule has 0 saturated carbocycles. The fraction of sp³-hybridized carbons (Fsp3) is 0.520. The number of thiophene rings is 1. The highest BCUT2D eigenvalue weighted by Crippen LogP contribution is 2.38. The Morgan fingerprint density at radius 1 is 1.24 bits per heavy atom. The molecule has 33 heavy (non-hydrogen) atoms. The van der Waals surface area contributed by atoms with Crippen LogP contribution < -0.4 is 5.32 Å².